The Morgan fingerprint density at radius 3 is 2.50 bits per heavy atom. The van der Waals surface area contributed by atoms with Crippen LogP contribution in [0.2, 0.25) is 0 Å². The Bertz CT molecular complexity index is 642. The number of benzene rings is 1. The molecule has 20 heavy (non-hydrogen) atoms. The van der Waals surface area contributed by atoms with Crippen LogP contribution in [0.25, 0.3) is 0 Å². The maximum absolute atomic E-state index is 11.1. The van der Waals surface area contributed by atoms with Gasteiger partial charge in [-0.15, -0.1) is 0 Å². The summed E-state index contributed by atoms with van der Waals surface area (Å²) >= 11 is 1.54. The summed E-state index contributed by atoms with van der Waals surface area (Å²) in [5.74, 6) is 0. The molecule has 0 radical (unpaired) electrons. The summed E-state index contributed by atoms with van der Waals surface area (Å²) < 4.78 is 0. The van der Waals surface area contributed by atoms with Gasteiger partial charge in [-0.1, -0.05) is 0 Å². The number of nitrogens with zero attached hydrogens (tertiary/aromatic N) is 3. The summed E-state index contributed by atoms with van der Waals surface area (Å²) in [4.78, 5) is 22.2. The summed E-state index contributed by atoms with van der Waals surface area (Å²) in [5.41, 5.74) is 0.832. The fourth-order valence-electron chi connectivity index (χ4n) is 1.84. The van der Waals surface area contributed by atoms with Crippen molar-refractivity contribution in [3.63, 3.8) is 0 Å². The highest BCUT2D eigenvalue weighted by molar-refractivity contribution is 7.07. The van der Waals surface area contributed by atoms with E-state index < -0.39 is 9.85 Å². The predicted molar refractivity (Wildman–Crippen MR) is 76.2 cm³/mol. The average Bonchev–Trinajstić information content (AvgIpc) is 2.90. The third kappa shape index (κ3) is 2.91. The molecule has 8 heteroatoms. The van der Waals surface area contributed by atoms with Crippen LogP contribution >= 0.6 is 11.3 Å². The lowest BCUT2D eigenvalue weighted by molar-refractivity contribution is -0.393. The Morgan fingerprint density at radius 1 is 1.20 bits per heavy atom. The lowest BCUT2D eigenvalue weighted by Crippen LogP contribution is -2.17. The molecule has 1 aromatic heterocycles. The van der Waals surface area contributed by atoms with E-state index >= 15 is 0 Å². The third-order valence-electron chi connectivity index (χ3n) is 2.78. The molecule has 2 rings (SSSR count). The molecule has 1 aromatic carbocycles. The van der Waals surface area contributed by atoms with Crippen LogP contribution in [0.1, 0.15) is 5.56 Å². The summed E-state index contributed by atoms with van der Waals surface area (Å²) in [6.07, 6.45) is 0. The Labute approximate surface area is 118 Å². The monoisotopic (exact) mass is 293 g/mol. The van der Waals surface area contributed by atoms with Crippen LogP contribution in [0.5, 0.6) is 0 Å². The van der Waals surface area contributed by atoms with E-state index in [-0.39, 0.29) is 11.4 Å². The summed E-state index contributed by atoms with van der Waals surface area (Å²) in [6.45, 7) is 0.502. The van der Waals surface area contributed by atoms with Crippen molar-refractivity contribution in [2.24, 2.45) is 0 Å². The van der Waals surface area contributed by atoms with Gasteiger partial charge >= 0.3 is 0 Å². The number of thiophene rings is 1. The zero-order chi connectivity index (χ0) is 14.7. The predicted octanol–water partition coefficient (Wildman–Crippen LogP) is 3.20. The van der Waals surface area contributed by atoms with E-state index in [0.717, 1.165) is 11.6 Å². The van der Waals surface area contributed by atoms with E-state index in [1.54, 1.807) is 23.3 Å². The van der Waals surface area contributed by atoms with Gasteiger partial charge in [0.2, 0.25) is 0 Å². The Morgan fingerprint density at radius 2 is 1.95 bits per heavy atom. The number of anilines is 1. The Kier molecular flexibility index (Phi) is 3.94. The van der Waals surface area contributed by atoms with Crippen LogP contribution in [0.4, 0.5) is 17.1 Å². The van der Waals surface area contributed by atoms with Gasteiger partial charge in [0.15, 0.2) is 0 Å². The molecule has 104 valence electrons. The molecular weight excluding hydrogens is 282 g/mol. The maximum Gasteiger partial charge on any atom is 0.299 e. The second-order valence-electron chi connectivity index (χ2n) is 4.17. The van der Waals surface area contributed by atoms with Crippen LogP contribution in [0.15, 0.2) is 35.0 Å². The molecule has 0 amide bonds. The molecule has 0 bridgehead atoms. The smallest absolute Gasteiger partial charge is 0.299 e. The number of hydrogen-bond donors (Lipinski definition) is 0. The standard InChI is InChI=1S/C12H11N3O4S/c1-13(7-9-4-5-20-8-9)11-3-2-10(14(16)17)6-12(11)15(18)19/h2-6,8H,7H2,1H3. The maximum atomic E-state index is 11.1. The molecule has 0 aliphatic carbocycles. The molecule has 0 aliphatic rings. The van der Waals surface area contributed by atoms with Gasteiger partial charge in [0.05, 0.1) is 15.9 Å². The van der Waals surface area contributed by atoms with Crippen LogP contribution in [-0.2, 0) is 6.54 Å². The van der Waals surface area contributed by atoms with Crippen LogP contribution in [0.3, 0.4) is 0 Å². The van der Waals surface area contributed by atoms with Crippen LogP contribution in [-0.4, -0.2) is 16.9 Å². The first-order chi connectivity index (χ1) is 9.49. The van der Waals surface area contributed by atoms with Gasteiger partial charge in [0.1, 0.15) is 5.69 Å². The van der Waals surface area contributed by atoms with E-state index in [0.29, 0.717) is 12.2 Å². The quantitative estimate of drug-likeness (QED) is 0.623. The number of rotatable bonds is 5. The second-order valence-corrected chi connectivity index (χ2v) is 4.95. The lowest BCUT2D eigenvalue weighted by Gasteiger charge is -2.18. The van der Waals surface area contributed by atoms with Crippen molar-refractivity contribution in [1.82, 2.24) is 0 Å². The van der Waals surface area contributed by atoms with Gasteiger partial charge in [-0.3, -0.25) is 20.2 Å². The zero-order valence-corrected chi connectivity index (χ0v) is 11.4. The van der Waals surface area contributed by atoms with Gasteiger partial charge in [0.25, 0.3) is 11.4 Å². The van der Waals surface area contributed by atoms with E-state index in [9.17, 15) is 20.2 Å². The van der Waals surface area contributed by atoms with Crippen molar-refractivity contribution >= 4 is 28.4 Å². The molecule has 0 saturated carbocycles. The minimum Gasteiger partial charge on any atom is -0.365 e. The molecule has 0 saturated heterocycles. The number of nitro groups is 2. The minimum absolute atomic E-state index is 0.267. The molecule has 1 heterocycles. The molecule has 0 fully saturated rings. The van der Waals surface area contributed by atoms with Crippen LogP contribution < -0.4 is 4.90 Å². The highest BCUT2D eigenvalue weighted by atomic mass is 32.1. The van der Waals surface area contributed by atoms with E-state index in [2.05, 4.69) is 0 Å². The van der Waals surface area contributed by atoms with E-state index in [4.69, 9.17) is 0 Å². The molecule has 2 aromatic rings. The Balaban J connectivity index is 2.35. The number of non-ortho nitro benzene ring substituents is 1. The molecule has 0 unspecified atom stereocenters. The van der Waals surface area contributed by atoms with Crippen molar-refractivity contribution in [3.8, 4) is 0 Å². The second kappa shape index (κ2) is 5.66. The topological polar surface area (TPSA) is 89.5 Å². The number of nitro benzene ring substituents is 2. The molecule has 7 nitrogen and oxygen atoms in total. The summed E-state index contributed by atoms with van der Waals surface area (Å²) in [5, 5.41) is 25.6. The normalized spacial score (nSPS) is 10.2. The van der Waals surface area contributed by atoms with Gasteiger partial charge in [-0.2, -0.15) is 11.3 Å². The molecular formula is C12H11N3O4S. The fourth-order valence-corrected chi connectivity index (χ4v) is 2.50. The van der Waals surface area contributed by atoms with E-state index in [1.807, 2.05) is 16.8 Å². The zero-order valence-electron chi connectivity index (χ0n) is 10.6. The van der Waals surface area contributed by atoms with Gasteiger partial charge < -0.3 is 4.90 Å². The highest BCUT2D eigenvalue weighted by Gasteiger charge is 2.21. The first kappa shape index (κ1) is 13.9. The van der Waals surface area contributed by atoms with Crippen LogP contribution in [0, 0.1) is 20.2 Å². The van der Waals surface area contributed by atoms with Crippen molar-refractivity contribution in [2.45, 2.75) is 6.54 Å². The largest absolute Gasteiger partial charge is 0.365 e. The average molecular weight is 293 g/mol. The number of hydrogen-bond acceptors (Lipinski definition) is 6. The van der Waals surface area contributed by atoms with Crippen molar-refractivity contribution in [1.29, 1.82) is 0 Å². The van der Waals surface area contributed by atoms with Gasteiger partial charge in [-0.05, 0) is 28.5 Å². The minimum atomic E-state index is -0.643. The lowest BCUT2D eigenvalue weighted by atomic mass is 10.2. The summed E-state index contributed by atoms with van der Waals surface area (Å²) in [7, 11) is 1.71. The fraction of sp³-hybridized carbons (Fsp3) is 0.167. The van der Waals surface area contributed by atoms with Gasteiger partial charge in [0, 0.05) is 19.7 Å². The first-order valence-corrected chi connectivity index (χ1v) is 6.58. The SMILES string of the molecule is CN(Cc1ccsc1)c1ccc([N+](=O)[O-])cc1[N+](=O)[O-]. The van der Waals surface area contributed by atoms with Crippen molar-refractivity contribution in [2.75, 3.05) is 11.9 Å². The molecule has 0 aliphatic heterocycles. The molecule has 0 N–H and O–H groups in total. The first-order valence-electron chi connectivity index (χ1n) is 5.64. The summed E-state index contributed by atoms with van der Waals surface area (Å²) in [6, 6.07) is 5.59. The van der Waals surface area contributed by atoms with E-state index in [1.165, 1.54) is 12.1 Å². The third-order valence-corrected chi connectivity index (χ3v) is 3.51. The Hall–Kier alpha value is -2.48. The van der Waals surface area contributed by atoms with Gasteiger partial charge in [-0.25, -0.2) is 0 Å². The van der Waals surface area contributed by atoms with Crippen molar-refractivity contribution < 1.29 is 9.85 Å². The highest BCUT2D eigenvalue weighted by Crippen LogP contribution is 2.32. The molecule has 0 spiro atoms. The van der Waals surface area contributed by atoms with Crippen molar-refractivity contribution in [3.05, 3.63) is 60.8 Å². The molecule has 0 atom stereocenters.